The van der Waals surface area contributed by atoms with Crippen LogP contribution in [0.5, 0.6) is 0 Å². The highest BCUT2D eigenvalue weighted by Gasteiger charge is 2.31. The van der Waals surface area contributed by atoms with Gasteiger partial charge < -0.3 is 9.84 Å². The van der Waals surface area contributed by atoms with Crippen LogP contribution >= 0.6 is 11.6 Å². The third-order valence-corrected chi connectivity index (χ3v) is 3.38. The Morgan fingerprint density at radius 2 is 1.58 bits per heavy atom. The molecule has 0 saturated carbocycles. The number of ether oxygens (including phenoxy) is 1. The highest BCUT2D eigenvalue weighted by molar-refractivity contribution is 6.21. The van der Waals surface area contributed by atoms with Gasteiger partial charge in [0.1, 0.15) is 0 Å². The van der Waals surface area contributed by atoms with Crippen LogP contribution in [0.4, 0.5) is 0 Å². The third kappa shape index (κ3) is 2.78. The molecule has 0 aliphatic heterocycles. The lowest BCUT2D eigenvalue weighted by atomic mass is 9.97. The lowest BCUT2D eigenvalue weighted by Gasteiger charge is -2.42. The normalized spacial score (nSPS) is 15.3. The number of rotatable bonds is 5. The predicted molar refractivity (Wildman–Crippen MR) is 72.2 cm³/mol. The molecule has 0 aromatic heterocycles. The molecule has 2 rings (SSSR count). The average Bonchev–Trinajstić information content (AvgIpc) is 2.48. The van der Waals surface area contributed by atoms with Gasteiger partial charge in [-0.15, -0.1) is 11.6 Å². The van der Waals surface area contributed by atoms with Crippen LogP contribution in [0.25, 0.3) is 0 Å². The minimum atomic E-state index is -1.96. The molecule has 4 heteroatoms. The van der Waals surface area contributed by atoms with Gasteiger partial charge in [-0.3, -0.25) is 0 Å². The predicted octanol–water partition coefficient (Wildman–Crippen LogP) is 0.984. The number of hydrogen-bond donors (Lipinski definition) is 1. The van der Waals surface area contributed by atoms with E-state index in [2.05, 4.69) is 0 Å². The van der Waals surface area contributed by atoms with Gasteiger partial charge in [0.05, 0.1) is 11.2 Å². The second kappa shape index (κ2) is 5.87. The van der Waals surface area contributed by atoms with Crippen LogP contribution in [0, 0.1) is 0 Å². The molecule has 2 N–H and O–H groups in total. The average molecular weight is 276 g/mol. The van der Waals surface area contributed by atoms with E-state index in [1.807, 2.05) is 24.3 Å². The largest absolute Gasteiger partial charge is 0.814 e. The van der Waals surface area contributed by atoms with E-state index >= 15 is 0 Å². The van der Waals surface area contributed by atoms with Gasteiger partial charge in [-0.05, 0) is 11.1 Å². The Bertz CT molecular complexity index is 532. The highest BCUT2D eigenvalue weighted by atomic mass is 35.5. The molecule has 3 nitrogen and oxygen atoms in total. The fourth-order valence-electron chi connectivity index (χ4n) is 1.89. The zero-order valence-electron chi connectivity index (χ0n) is 10.2. The molecule has 19 heavy (non-hydrogen) atoms. The summed E-state index contributed by atoms with van der Waals surface area (Å²) in [5, 5.41) is 17.3. The molecule has 0 amide bonds. The smallest absolute Gasteiger partial charge is 0.320 e. The molecule has 2 aromatic carbocycles. The van der Waals surface area contributed by atoms with Gasteiger partial charge in [0.2, 0.25) is 0 Å². The van der Waals surface area contributed by atoms with Crippen molar-refractivity contribution in [3.05, 3.63) is 71.8 Å². The molecule has 0 saturated heterocycles. The monoisotopic (exact) mass is 275 g/mol. The van der Waals surface area contributed by atoms with E-state index in [9.17, 15) is 5.11 Å². The lowest BCUT2D eigenvalue weighted by molar-refractivity contribution is -0.556. The van der Waals surface area contributed by atoms with Gasteiger partial charge in [0.15, 0.2) is 0 Å². The van der Waals surface area contributed by atoms with Gasteiger partial charge in [-0.25, -0.2) is 5.41 Å². The Morgan fingerprint density at radius 3 is 2.11 bits per heavy atom. The standard InChI is InChI=1S/C15H13ClNO2/c16-14(12-7-3-1-4-8-12)15(18,19-11-17)13-9-5-2-6-10-13/h1-11,14,17H/q-1/p+1. The topological polar surface area (TPSA) is 57.9 Å². The van der Waals surface area contributed by atoms with Crippen molar-refractivity contribution in [3.8, 4) is 0 Å². The van der Waals surface area contributed by atoms with Gasteiger partial charge in [-0.1, -0.05) is 60.7 Å². The second-order valence-corrected chi connectivity index (χ2v) is 4.50. The molecule has 0 aliphatic carbocycles. The Morgan fingerprint density at radius 1 is 1.05 bits per heavy atom. The second-order valence-electron chi connectivity index (χ2n) is 4.06. The van der Waals surface area contributed by atoms with Crippen molar-refractivity contribution in [2.24, 2.45) is 0 Å². The van der Waals surface area contributed by atoms with Crippen molar-refractivity contribution in [2.45, 2.75) is 11.2 Å². The zero-order chi connectivity index (χ0) is 13.7. The van der Waals surface area contributed by atoms with Gasteiger partial charge >= 0.3 is 6.40 Å². The van der Waals surface area contributed by atoms with Crippen LogP contribution in [0.1, 0.15) is 16.5 Å². The molecule has 2 aromatic rings. The van der Waals surface area contributed by atoms with Crippen LogP contribution in [0.2, 0.25) is 0 Å². The number of benzene rings is 2. The first-order chi connectivity index (χ1) is 9.18. The van der Waals surface area contributed by atoms with Crippen molar-refractivity contribution in [1.82, 2.24) is 0 Å². The maximum Gasteiger partial charge on any atom is 0.320 e. The maximum atomic E-state index is 12.9. The molecule has 0 spiro atoms. The van der Waals surface area contributed by atoms with Crippen LogP contribution in [-0.2, 0) is 10.5 Å². The highest BCUT2D eigenvalue weighted by Crippen LogP contribution is 2.38. The number of hydrogen-bond acceptors (Lipinski definition) is 2. The van der Waals surface area contributed by atoms with Crippen molar-refractivity contribution < 1.29 is 15.3 Å². The lowest BCUT2D eigenvalue weighted by Crippen LogP contribution is -2.50. The molecule has 0 bridgehead atoms. The van der Waals surface area contributed by atoms with Crippen molar-refractivity contribution in [3.63, 3.8) is 0 Å². The molecule has 0 heterocycles. The molecule has 2 unspecified atom stereocenters. The summed E-state index contributed by atoms with van der Waals surface area (Å²) in [6, 6.07) is 17.8. The first-order valence-electron chi connectivity index (χ1n) is 5.84. The molecule has 2 atom stereocenters. The molecular formula is C15H14ClNO2. The molecule has 98 valence electrons. The quantitative estimate of drug-likeness (QED) is 0.383. The summed E-state index contributed by atoms with van der Waals surface area (Å²) >= 11 is 6.31. The van der Waals surface area contributed by atoms with Gasteiger partial charge in [-0.2, -0.15) is 0 Å². The van der Waals surface area contributed by atoms with Gasteiger partial charge in [0, 0.05) is 0 Å². The Hall–Kier alpha value is -1.84. The zero-order valence-corrected chi connectivity index (χ0v) is 11.0. The number of alkyl halides is 1. The molecule has 0 aliphatic rings. The van der Waals surface area contributed by atoms with E-state index in [1.54, 1.807) is 36.4 Å². The Kier molecular flexibility index (Phi) is 4.20. The Labute approximate surface area is 116 Å². The van der Waals surface area contributed by atoms with Crippen molar-refractivity contribution in [2.75, 3.05) is 0 Å². The first kappa shape index (κ1) is 13.6. The summed E-state index contributed by atoms with van der Waals surface area (Å²) in [6.07, 6.45) is 0.887. The van der Waals surface area contributed by atoms with Crippen LogP contribution in [0.3, 0.4) is 0 Å². The summed E-state index contributed by atoms with van der Waals surface area (Å²) < 4.78 is 5.10. The van der Waals surface area contributed by atoms with E-state index in [0.717, 1.165) is 6.40 Å². The maximum absolute atomic E-state index is 12.9. The molecule has 0 radical (unpaired) electrons. The summed E-state index contributed by atoms with van der Waals surface area (Å²) in [5.74, 6) is -1.96. The van der Waals surface area contributed by atoms with E-state index in [0.29, 0.717) is 11.1 Å². The fourth-order valence-corrected chi connectivity index (χ4v) is 2.21. The fraction of sp³-hybridized carbons (Fsp3) is 0.133. The minimum absolute atomic E-state index is 0.431. The number of nitrogens with two attached hydrogens (primary N) is 1. The number of halogens is 1. The summed E-state index contributed by atoms with van der Waals surface area (Å²) in [7, 11) is 0. The van der Waals surface area contributed by atoms with Crippen LogP contribution < -0.4 is 10.5 Å². The van der Waals surface area contributed by atoms with Crippen molar-refractivity contribution >= 4 is 18.0 Å². The molecular weight excluding hydrogens is 262 g/mol. The summed E-state index contributed by atoms with van der Waals surface area (Å²) in [5.41, 5.74) is 1.12. The van der Waals surface area contributed by atoms with E-state index < -0.39 is 11.2 Å². The summed E-state index contributed by atoms with van der Waals surface area (Å²) in [6.45, 7) is 0. The van der Waals surface area contributed by atoms with Gasteiger partial charge in [0.25, 0.3) is 0 Å². The van der Waals surface area contributed by atoms with Crippen molar-refractivity contribution in [1.29, 1.82) is 0 Å². The molecule has 0 fully saturated rings. The third-order valence-electron chi connectivity index (χ3n) is 2.85. The SMILES string of the molecule is [NH2+]=COC([O-])(c1ccccc1)C(Cl)c1ccccc1. The Balaban J connectivity index is 2.42. The van der Waals surface area contributed by atoms with E-state index in [1.165, 1.54) is 0 Å². The van der Waals surface area contributed by atoms with Crippen LogP contribution in [-0.4, -0.2) is 6.40 Å². The first-order valence-corrected chi connectivity index (χ1v) is 6.28. The van der Waals surface area contributed by atoms with E-state index in [4.69, 9.17) is 21.7 Å². The summed E-state index contributed by atoms with van der Waals surface area (Å²) in [4.78, 5) is 0. The van der Waals surface area contributed by atoms with E-state index in [-0.39, 0.29) is 0 Å². The minimum Gasteiger partial charge on any atom is -0.814 e. The van der Waals surface area contributed by atoms with Crippen LogP contribution in [0.15, 0.2) is 60.7 Å².